The molecule has 0 spiro atoms. The van der Waals surface area contributed by atoms with Gasteiger partial charge in [0.25, 0.3) is 0 Å². The number of fused-ring (bicyclic) bond motifs is 8. The molecule has 0 radical (unpaired) electrons. The molecular formula is C20H22O2. The van der Waals surface area contributed by atoms with Crippen LogP contribution in [0.3, 0.4) is 0 Å². The molecule has 0 saturated heterocycles. The van der Waals surface area contributed by atoms with Crippen LogP contribution in [0.25, 0.3) is 0 Å². The maximum absolute atomic E-state index is 12.2. The van der Waals surface area contributed by atoms with Gasteiger partial charge in [-0.2, -0.15) is 0 Å². The van der Waals surface area contributed by atoms with Gasteiger partial charge in [-0.25, -0.2) is 4.79 Å². The van der Waals surface area contributed by atoms with E-state index in [9.17, 15) is 4.79 Å². The standard InChI is InChI=1S/C20H22O2/c1-20(2)17-15-10-16(18(17)20)14-9-12(8-13(14)15)22-19(21)11-6-4-3-5-7-11/h3-8,12,14-18H,9-10H2,1-2H3/t12-,14+,15+,16-,17+,18-/m0/s1. The van der Waals surface area contributed by atoms with E-state index in [-0.39, 0.29) is 12.1 Å². The summed E-state index contributed by atoms with van der Waals surface area (Å²) in [5.74, 6) is 4.00. The summed E-state index contributed by atoms with van der Waals surface area (Å²) in [7, 11) is 0. The smallest absolute Gasteiger partial charge is 0.338 e. The summed E-state index contributed by atoms with van der Waals surface area (Å²) in [6.07, 6.45) is 4.71. The van der Waals surface area contributed by atoms with Crippen LogP contribution in [0.2, 0.25) is 0 Å². The van der Waals surface area contributed by atoms with Crippen LogP contribution in [0.4, 0.5) is 0 Å². The Bertz CT molecular complexity index is 672. The lowest BCUT2D eigenvalue weighted by Gasteiger charge is -2.20. The number of hydrogen-bond donors (Lipinski definition) is 0. The molecule has 1 aromatic rings. The van der Waals surface area contributed by atoms with Gasteiger partial charge in [-0.05, 0) is 66.1 Å². The maximum Gasteiger partial charge on any atom is 0.338 e. The van der Waals surface area contributed by atoms with Gasteiger partial charge >= 0.3 is 5.97 Å². The number of allylic oxidation sites excluding steroid dienone is 1. The van der Waals surface area contributed by atoms with Crippen LogP contribution in [0.5, 0.6) is 0 Å². The molecule has 2 bridgehead atoms. The van der Waals surface area contributed by atoms with E-state index in [4.69, 9.17) is 4.74 Å². The molecule has 3 saturated carbocycles. The predicted molar refractivity (Wildman–Crippen MR) is 84.2 cm³/mol. The number of rotatable bonds is 2. The van der Waals surface area contributed by atoms with E-state index in [0.29, 0.717) is 16.9 Å². The summed E-state index contributed by atoms with van der Waals surface area (Å²) in [5, 5.41) is 0. The molecule has 0 heterocycles. The molecule has 0 amide bonds. The molecule has 6 atom stereocenters. The van der Waals surface area contributed by atoms with Gasteiger partial charge in [0, 0.05) is 0 Å². The summed E-state index contributed by atoms with van der Waals surface area (Å²) in [4.78, 5) is 12.2. The molecule has 2 nitrogen and oxygen atoms in total. The third-order valence-electron chi connectivity index (χ3n) is 6.92. The van der Waals surface area contributed by atoms with E-state index in [2.05, 4.69) is 19.9 Å². The topological polar surface area (TPSA) is 26.3 Å². The molecule has 1 aromatic carbocycles. The molecule has 2 heteroatoms. The third kappa shape index (κ3) is 1.53. The normalized spacial score (nSPS) is 42.5. The minimum atomic E-state index is -0.180. The van der Waals surface area contributed by atoms with Crippen LogP contribution < -0.4 is 0 Å². The largest absolute Gasteiger partial charge is 0.455 e. The second-order valence-corrected chi connectivity index (χ2v) is 8.20. The molecule has 4 aliphatic rings. The molecule has 3 fully saturated rings. The number of carbonyl (C=O) groups is 1. The summed E-state index contributed by atoms with van der Waals surface area (Å²) < 4.78 is 5.74. The van der Waals surface area contributed by atoms with E-state index in [0.717, 1.165) is 30.1 Å². The Kier molecular flexibility index (Phi) is 2.37. The van der Waals surface area contributed by atoms with E-state index in [1.165, 1.54) is 6.42 Å². The SMILES string of the molecule is CC1(C)[C@H]2[C@H]3C[C@H](C4=C[C@H](OC(=O)c5ccccc5)C[C@H]43)[C@H]21. The first-order valence-electron chi connectivity index (χ1n) is 8.55. The van der Waals surface area contributed by atoms with Crippen LogP contribution in [0.15, 0.2) is 42.0 Å². The van der Waals surface area contributed by atoms with Crippen LogP contribution >= 0.6 is 0 Å². The monoisotopic (exact) mass is 294 g/mol. The molecule has 4 aliphatic carbocycles. The average molecular weight is 294 g/mol. The number of ether oxygens (including phenoxy) is 1. The van der Waals surface area contributed by atoms with E-state index in [1.54, 1.807) is 5.57 Å². The van der Waals surface area contributed by atoms with Gasteiger partial charge < -0.3 is 4.74 Å². The van der Waals surface area contributed by atoms with Crippen molar-refractivity contribution in [3.05, 3.63) is 47.5 Å². The van der Waals surface area contributed by atoms with E-state index < -0.39 is 0 Å². The fourth-order valence-corrected chi connectivity index (χ4v) is 6.12. The lowest BCUT2D eigenvalue weighted by molar-refractivity contribution is 0.0368. The lowest BCUT2D eigenvalue weighted by Crippen LogP contribution is -2.19. The number of esters is 1. The fraction of sp³-hybridized carbons (Fsp3) is 0.550. The summed E-state index contributed by atoms with van der Waals surface area (Å²) in [6.45, 7) is 4.88. The van der Waals surface area contributed by atoms with E-state index >= 15 is 0 Å². The summed E-state index contributed by atoms with van der Waals surface area (Å²) in [6, 6.07) is 9.34. The highest BCUT2D eigenvalue weighted by molar-refractivity contribution is 5.89. The third-order valence-corrected chi connectivity index (χ3v) is 6.92. The summed E-state index contributed by atoms with van der Waals surface area (Å²) >= 11 is 0. The van der Waals surface area contributed by atoms with Gasteiger partial charge in [0.05, 0.1) is 5.56 Å². The predicted octanol–water partition coefficient (Wildman–Crippen LogP) is 4.08. The highest BCUT2D eigenvalue weighted by Crippen LogP contribution is 2.79. The molecule has 5 rings (SSSR count). The first-order chi connectivity index (χ1) is 10.6. The van der Waals surface area contributed by atoms with Crippen molar-refractivity contribution in [3.63, 3.8) is 0 Å². The van der Waals surface area contributed by atoms with Gasteiger partial charge in [-0.3, -0.25) is 0 Å². The number of carbonyl (C=O) groups excluding carboxylic acids is 1. The quantitative estimate of drug-likeness (QED) is 0.607. The highest BCUT2D eigenvalue weighted by Gasteiger charge is 2.74. The van der Waals surface area contributed by atoms with Crippen molar-refractivity contribution in [2.45, 2.75) is 32.8 Å². The van der Waals surface area contributed by atoms with Crippen molar-refractivity contribution in [1.29, 1.82) is 0 Å². The summed E-state index contributed by atoms with van der Waals surface area (Å²) in [5.41, 5.74) is 2.85. The van der Waals surface area contributed by atoms with Crippen molar-refractivity contribution >= 4 is 5.97 Å². The van der Waals surface area contributed by atoms with Crippen molar-refractivity contribution in [3.8, 4) is 0 Å². The van der Waals surface area contributed by atoms with Gasteiger partial charge in [-0.15, -0.1) is 0 Å². The first-order valence-corrected chi connectivity index (χ1v) is 8.55. The maximum atomic E-state index is 12.2. The average Bonchev–Trinajstić information content (AvgIpc) is 2.93. The Morgan fingerprint density at radius 2 is 1.86 bits per heavy atom. The van der Waals surface area contributed by atoms with E-state index in [1.807, 2.05) is 30.3 Å². The Hall–Kier alpha value is -1.57. The van der Waals surface area contributed by atoms with Crippen LogP contribution in [-0.4, -0.2) is 12.1 Å². The van der Waals surface area contributed by atoms with Crippen molar-refractivity contribution < 1.29 is 9.53 Å². The second kappa shape index (κ2) is 4.04. The minimum absolute atomic E-state index is 0.00128. The Labute approximate surface area is 131 Å². The van der Waals surface area contributed by atoms with Gasteiger partial charge in [-0.1, -0.05) is 37.6 Å². The minimum Gasteiger partial charge on any atom is -0.455 e. The highest BCUT2D eigenvalue weighted by atomic mass is 16.5. The van der Waals surface area contributed by atoms with Crippen LogP contribution in [-0.2, 0) is 4.74 Å². The Morgan fingerprint density at radius 3 is 2.64 bits per heavy atom. The molecular weight excluding hydrogens is 272 g/mol. The second-order valence-electron chi connectivity index (χ2n) is 8.20. The Morgan fingerprint density at radius 1 is 1.09 bits per heavy atom. The molecule has 0 aliphatic heterocycles. The van der Waals surface area contributed by atoms with Gasteiger partial charge in [0.2, 0.25) is 0 Å². The zero-order valence-corrected chi connectivity index (χ0v) is 13.2. The Balaban J connectivity index is 1.33. The van der Waals surface area contributed by atoms with Crippen LogP contribution in [0, 0.1) is 35.0 Å². The molecule has 114 valence electrons. The number of hydrogen-bond acceptors (Lipinski definition) is 2. The lowest BCUT2D eigenvalue weighted by atomic mass is 9.85. The molecule has 22 heavy (non-hydrogen) atoms. The van der Waals surface area contributed by atoms with Gasteiger partial charge in [0.15, 0.2) is 0 Å². The molecule has 0 unspecified atom stereocenters. The molecule has 0 aromatic heterocycles. The fourth-order valence-electron chi connectivity index (χ4n) is 6.12. The van der Waals surface area contributed by atoms with Crippen molar-refractivity contribution in [2.24, 2.45) is 35.0 Å². The van der Waals surface area contributed by atoms with Crippen LogP contribution in [0.1, 0.15) is 37.0 Å². The van der Waals surface area contributed by atoms with Gasteiger partial charge in [0.1, 0.15) is 6.10 Å². The zero-order valence-electron chi connectivity index (χ0n) is 13.2. The molecule has 0 N–H and O–H groups in total. The number of benzene rings is 1. The van der Waals surface area contributed by atoms with Crippen molar-refractivity contribution in [1.82, 2.24) is 0 Å². The zero-order chi connectivity index (χ0) is 15.1. The first kappa shape index (κ1) is 12.9. The van der Waals surface area contributed by atoms with Crippen molar-refractivity contribution in [2.75, 3.05) is 0 Å².